The molecule has 2 aromatic carbocycles. The molecule has 152 valence electrons. The molecule has 0 fully saturated rings. The monoisotopic (exact) mass is 383 g/mol. The number of hydrogen-bond donors (Lipinski definition) is 1. The molecule has 2 aromatic rings. The Hall–Kier alpha value is -2.17. The van der Waals surface area contributed by atoms with E-state index in [1.165, 1.54) is 40.5 Å². The maximum absolute atomic E-state index is 12.3. The minimum Gasteiger partial charge on any atom is -0.468 e. The maximum atomic E-state index is 12.3. The highest BCUT2D eigenvalue weighted by atomic mass is 16.5. The van der Waals surface area contributed by atoms with Gasteiger partial charge in [0, 0.05) is 13.1 Å². The quantitative estimate of drug-likeness (QED) is 0.732. The molecule has 0 aliphatic heterocycles. The first kappa shape index (κ1) is 22.1. The van der Waals surface area contributed by atoms with Crippen LogP contribution in [0.5, 0.6) is 0 Å². The van der Waals surface area contributed by atoms with E-state index in [2.05, 4.69) is 65.8 Å². The Morgan fingerprint density at radius 2 is 1.21 bits per heavy atom. The second-order valence-electron chi connectivity index (χ2n) is 7.84. The van der Waals surface area contributed by atoms with Crippen molar-refractivity contribution in [1.29, 1.82) is 0 Å². The van der Waals surface area contributed by atoms with Crippen molar-refractivity contribution in [1.82, 2.24) is 4.90 Å². The minimum absolute atomic E-state index is 0.277. The fourth-order valence-corrected chi connectivity index (χ4v) is 3.65. The van der Waals surface area contributed by atoms with Gasteiger partial charge in [-0.15, -0.1) is 0 Å². The number of benzene rings is 2. The lowest BCUT2D eigenvalue weighted by Crippen LogP contribution is -2.43. The van der Waals surface area contributed by atoms with Crippen molar-refractivity contribution in [2.45, 2.75) is 60.7 Å². The number of hydrogen-bond acceptors (Lipinski definition) is 4. The molecular weight excluding hydrogens is 350 g/mol. The van der Waals surface area contributed by atoms with E-state index in [9.17, 15) is 9.90 Å². The Bertz CT molecular complexity index is 751. The van der Waals surface area contributed by atoms with Gasteiger partial charge >= 0.3 is 5.97 Å². The Morgan fingerprint density at radius 1 is 0.857 bits per heavy atom. The SMILES string of the molecule is COC(=O)C(CO)N(Cc1cc(C)c(C)c(C)c1)Cc1cc(C)c(C)c(C)c1. The number of ether oxygens (including phenoxy) is 1. The van der Waals surface area contributed by atoms with Gasteiger partial charge in [0.15, 0.2) is 0 Å². The fraction of sp³-hybridized carbons (Fsp3) is 0.458. The summed E-state index contributed by atoms with van der Waals surface area (Å²) in [6.45, 7) is 13.5. The van der Waals surface area contributed by atoms with Crippen molar-refractivity contribution >= 4 is 5.97 Å². The second kappa shape index (κ2) is 9.35. The van der Waals surface area contributed by atoms with Crippen molar-refractivity contribution in [2.24, 2.45) is 0 Å². The number of carbonyl (C=O) groups excluding carboxylic acids is 1. The molecule has 4 heteroatoms. The summed E-state index contributed by atoms with van der Waals surface area (Å²) in [4.78, 5) is 14.3. The Balaban J connectivity index is 2.41. The fourth-order valence-electron chi connectivity index (χ4n) is 3.65. The van der Waals surface area contributed by atoms with Crippen LogP contribution in [0, 0.1) is 41.5 Å². The molecule has 1 atom stereocenters. The minimum atomic E-state index is -0.700. The van der Waals surface area contributed by atoms with E-state index >= 15 is 0 Å². The smallest absolute Gasteiger partial charge is 0.325 e. The van der Waals surface area contributed by atoms with Crippen LogP contribution < -0.4 is 0 Å². The average molecular weight is 384 g/mol. The van der Waals surface area contributed by atoms with Crippen LogP contribution in [0.4, 0.5) is 0 Å². The van der Waals surface area contributed by atoms with Crippen LogP contribution in [0.25, 0.3) is 0 Å². The average Bonchev–Trinajstić information content (AvgIpc) is 2.64. The second-order valence-corrected chi connectivity index (χ2v) is 7.84. The molecule has 0 bridgehead atoms. The van der Waals surface area contributed by atoms with Crippen LogP contribution in [-0.4, -0.2) is 35.7 Å². The van der Waals surface area contributed by atoms with Gasteiger partial charge in [-0.25, -0.2) is 0 Å². The van der Waals surface area contributed by atoms with Gasteiger partial charge < -0.3 is 9.84 Å². The molecule has 4 nitrogen and oxygen atoms in total. The third kappa shape index (κ3) is 5.00. The normalized spacial score (nSPS) is 12.3. The highest BCUT2D eigenvalue weighted by molar-refractivity contribution is 5.75. The summed E-state index contributed by atoms with van der Waals surface area (Å²) in [7, 11) is 1.36. The molecule has 1 N–H and O–H groups in total. The number of aliphatic hydroxyl groups excluding tert-OH is 1. The molecule has 0 amide bonds. The van der Waals surface area contributed by atoms with Gasteiger partial charge in [-0.2, -0.15) is 0 Å². The molecule has 0 heterocycles. The number of rotatable bonds is 7. The summed E-state index contributed by atoms with van der Waals surface area (Å²) in [5.41, 5.74) is 9.75. The van der Waals surface area contributed by atoms with Crippen LogP contribution in [0.15, 0.2) is 24.3 Å². The van der Waals surface area contributed by atoms with Crippen molar-refractivity contribution in [3.63, 3.8) is 0 Å². The molecule has 0 radical (unpaired) electrons. The number of aryl methyl sites for hydroxylation is 4. The van der Waals surface area contributed by atoms with Gasteiger partial charge in [-0.05, 0) is 86.1 Å². The van der Waals surface area contributed by atoms with Gasteiger partial charge in [-0.3, -0.25) is 9.69 Å². The van der Waals surface area contributed by atoms with E-state index in [0.717, 1.165) is 11.1 Å². The number of nitrogens with zero attached hydrogens (tertiary/aromatic N) is 1. The lowest BCUT2D eigenvalue weighted by Gasteiger charge is -2.29. The zero-order valence-electron chi connectivity index (χ0n) is 18.2. The van der Waals surface area contributed by atoms with Gasteiger partial charge in [-0.1, -0.05) is 24.3 Å². The number of aliphatic hydroxyl groups is 1. The van der Waals surface area contributed by atoms with Gasteiger partial charge in [0.25, 0.3) is 0 Å². The molecule has 0 spiro atoms. The Kier molecular flexibility index (Phi) is 7.39. The van der Waals surface area contributed by atoms with Crippen LogP contribution in [0.1, 0.15) is 44.5 Å². The number of carbonyl (C=O) groups is 1. The van der Waals surface area contributed by atoms with E-state index in [-0.39, 0.29) is 6.61 Å². The van der Waals surface area contributed by atoms with Crippen LogP contribution in [0.3, 0.4) is 0 Å². The first-order chi connectivity index (χ1) is 13.2. The van der Waals surface area contributed by atoms with E-state index in [1.807, 2.05) is 4.90 Å². The van der Waals surface area contributed by atoms with E-state index in [0.29, 0.717) is 13.1 Å². The first-order valence-electron chi connectivity index (χ1n) is 9.74. The lowest BCUT2D eigenvalue weighted by atomic mass is 9.98. The molecule has 1 unspecified atom stereocenters. The van der Waals surface area contributed by atoms with Crippen molar-refractivity contribution in [3.8, 4) is 0 Å². The Labute approximate surface area is 169 Å². The van der Waals surface area contributed by atoms with Crippen molar-refractivity contribution < 1.29 is 14.6 Å². The summed E-state index contributed by atoms with van der Waals surface area (Å²) in [5, 5.41) is 9.92. The third-order valence-corrected chi connectivity index (χ3v) is 5.83. The zero-order chi connectivity index (χ0) is 21.0. The summed E-state index contributed by atoms with van der Waals surface area (Å²) in [6.07, 6.45) is 0. The zero-order valence-corrected chi connectivity index (χ0v) is 18.2. The maximum Gasteiger partial charge on any atom is 0.325 e. The third-order valence-electron chi connectivity index (χ3n) is 5.83. The molecular formula is C24H33NO3. The first-order valence-corrected chi connectivity index (χ1v) is 9.74. The van der Waals surface area contributed by atoms with Gasteiger partial charge in [0.1, 0.15) is 6.04 Å². The summed E-state index contributed by atoms with van der Waals surface area (Å²) < 4.78 is 4.95. The molecule has 2 rings (SSSR count). The predicted molar refractivity (Wildman–Crippen MR) is 113 cm³/mol. The lowest BCUT2D eigenvalue weighted by molar-refractivity contribution is -0.149. The molecule has 0 saturated carbocycles. The summed E-state index contributed by atoms with van der Waals surface area (Å²) in [5.74, 6) is -0.413. The molecule has 0 aromatic heterocycles. The number of esters is 1. The van der Waals surface area contributed by atoms with Crippen LogP contribution >= 0.6 is 0 Å². The van der Waals surface area contributed by atoms with Crippen molar-refractivity contribution in [2.75, 3.05) is 13.7 Å². The summed E-state index contributed by atoms with van der Waals surface area (Å²) >= 11 is 0. The predicted octanol–water partition coefficient (Wildman–Crippen LogP) is 4.07. The molecule has 0 saturated heterocycles. The number of methoxy groups -OCH3 is 1. The van der Waals surface area contributed by atoms with Crippen LogP contribution in [0.2, 0.25) is 0 Å². The largest absolute Gasteiger partial charge is 0.468 e. The standard InChI is InChI=1S/C24H33NO3/c1-15-8-21(9-16(2)19(15)5)12-25(23(14-26)24(27)28-7)13-22-10-17(3)20(6)18(4)11-22/h8-11,23,26H,12-14H2,1-7H3. The molecule has 0 aliphatic rings. The van der Waals surface area contributed by atoms with E-state index < -0.39 is 12.0 Å². The Morgan fingerprint density at radius 3 is 1.50 bits per heavy atom. The topological polar surface area (TPSA) is 49.8 Å². The van der Waals surface area contributed by atoms with E-state index in [1.54, 1.807) is 0 Å². The highest BCUT2D eigenvalue weighted by Crippen LogP contribution is 2.22. The molecule has 0 aliphatic carbocycles. The van der Waals surface area contributed by atoms with Gasteiger partial charge in [0.05, 0.1) is 13.7 Å². The van der Waals surface area contributed by atoms with Crippen LogP contribution in [-0.2, 0) is 22.6 Å². The van der Waals surface area contributed by atoms with E-state index in [4.69, 9.17) is 4.74 Å². The van der Waals surface area contributed by atoms with Gasteiger partial charge in [0.2, 0.25) is 0 Å². The molecule has 28 heavy (non-hydrogen) atoms. The highest BCUT2D eigenvalue weighted by Gasteiger charge is 2.27. The summed E-state index contributed by atoms with van der Waals surface area (Å²) in [6, 6.07) is 7.94. The van der Waals surface area contributed by atoms with Crippen molar-refractivity contribution in [3.05, 3.63) is 68.8 Å².